The summed E-state index contributed by atoms with van der Waals surface area (Å²) in [6.07, 6.45) is -5.03. The first-order chi connectivity index (χ1) is 14.1. The predicted octanol–water partition coefficient (Wildman–Crippen LogP) is 2.51. The maximum atomic E-state index is 13.4. The fraction of sp³-hybridized carbons (Fsp3) is 0.238. The molecule has 2 heterocycles. The summed E-state index contributed by atoms with van der Waals surface area (Å²) in [6, 6.07) is 10.3. The van der Waals surface area contributed by atoms with Crippen molar-refractivity contribution >= 4 is 23.6 Å². The van der Waals surface area contributed by atoms with Crippen molar-refractivity contribution in [2.45, 2.75) is 24.6 Å². The van der Waals surface area contributed by atoms with E-state index in [4.69, 9.17) is 0 Å². The molecule has 1 saturated heterocycles. The molecule has 0 aromatic heterocycles. The molecule has 0 saturated carbocycles. The Morgan fingerprint density at radius 3 is 2.30 bits per heavy atom. The molecule has 154 valence electrons. The van der Waals surface area contributed by atoms with Gasteiger partial charge in [-0.25, -0.2) is 0 Å². The van der Waals surface area contributed by atoms with Gasteiger partial charge in [0.1, 0.15) is 0 Å². The molecule has 2 aliphatic rings. The Bertz CT molecular complexity index is 1110. The van der Waals surface area contributed by atoms with Gasteiger partial charge in [-0.3, -0.25) is 29.0 Å². The summed E-state index contributed by atoms with van der Waals surface area (Å²) in [5.41, 5.74) is -2.52. The van der Waals surface area contributed by atoms with Gasteiger partial charge in [0.15, 0.2) is 5.41 Å². The van der Waals surface area contributed by atoms with E-state index >= 15 is 0 Å². The first-order valence-electron chi connectivity index (χ1n) is 9.00. The average molecular weight is 416 g/mol. The van der Waals surface area contributed by atoms with Gasteiger partial charge in [-0.2, -0.15) is 13.2 Å². The zero-order chi connectivity index (χ0) is 21.8. The molecule has 0 radical (unpaired) electrons. The second-order valence-corrected chi connectivity index (χ2v) is 7.28. The quantitative estimate of drug-likeness (QED) is 0.557. The molecule has 30 heavy (non-hydrogen) atoms. The number of hydrogen-bond acceptors (Lipinski definition) is 4. The van der Waals surface area contributed by atoms with Crippen LogP contribution in [0.3, 0.4) is 0 Å². The second kappa shape index (κ2) is 6.51. The molecule has 1 fully saturated rings. The summed E-state index contributed by atoms with van der Waals surface area (Å²) in [5, 5.41) is 0. The van der Waals surface area contributed by atoms with E-state index in [1.165, 1.54) is 31.3 Å². The van der Waals surface area contributed by atoms with Gasteiger partial charge in [0, 0.05) is 12.6 Å². The van der Waals surface area contributed by atoms with E-state index in [1.807, 2.05) is 0 Å². The van der Waals surface area contributed by atoms with E-state index in [9.17, 15) is 32.3 Å². The number of nitrogens with zero attached hydrogens (tertiary/aromatic N) is 2. The molecule has 0 N–H and O–H groups in total. The Morgan fingerprint density at radius 2 is 1.67 bits per heavy atom. The van der Waals surface area contributed by atoms with Crippen LogP contribution in [0, 0.1) is 0 Å². The van der Waals surface area contributed by atoms with Crippen LogP contribution in [0.25, 0.3) is 0 Å². The summed E-state index contributed by atoms with van der Waals surface area (Å²) in [4.78, 5) is 53.2. The number of likely N-dealkylation sites (tertiary alicyclic amines) is 1. The normalized spacial score (nSPS) is 21.6. The summed E-state index contributed by atoms with van der Waals surface area (Å²) < 4.78 is 39.1. The van der Waals surface area contributed by atoms with Crippen molar-refractivity contribution in [2.24, 2.45) is 0 Å². The van der Waals surface area contributed by atoms with Crippen LogP contribution in [0.1, 0.15) is 33.5 Å². The average Bonchev–Trinajstić information content (AvgIpc) is 2.94. The number of imide groups is 2. The van der Waals surface area contributed by atoms with Gasteiger partial charge in [0.05, 0.1) is 18.5 Å². The van der Waals surface area contributed by atoms with E-state index in [2.05, 4.69) is 0 Å². The summed E-state index contributed by atoms with van der Waals surface area (Å²) in [7, 11) is 1.25. The Morgan fingerprint density at radius 1 is 0.967 bits per heavy atom. The van der Waals surface area contributed by atoms with Gasteiger partial charge in [-0.05, 0) is 29.3 Å². The second-order valence-electron chi connectivity index (χ2n) is 7.28. The lowest BCUT2D eigenvalue weighted by molar-refractivity contribution is -0.145. The number of fused-ring (bicyclic) bond motifs is 2. The zero-order valence-electron chi connectivity index (χ0n) is 15.7. The standard InChI is InChI=1S/C21H15F3N2O4/c1-25-16(27)10-20(18(25)29)15-8-3-2-7-14(15)17(28)26(19(20)30)11-12-5-4-6-13(9-12)21(22,23)24/h2-9H,10-11H2,1H3. The number of hydrogen-bond donors (Lipinski definition) is 0. The minimum absolute atomic E-state index is 0.0699. The molecule has 6 nitrogen and oxygen atoms in total. The molecule has 0 aliphatic carbocycles. The van der Waals surface area contributed by atoms with Crippen molar-refractivity contribution < 1.29 is 32.3 Å². The van der Waals surface area contributed by atoms with E-state index in [1.54, 1.807) is 12.1 Å². The smallest absolute Gasteiger partial charge is 0.284 e. The van der Waals surface area contributed by atoms with Gasteiger partial charge >= 0.3 is 6.18 Å². The zero-order valence-corrected chi connectivity index (χ0v) is 15.7. The van der Waals surface area contributed by atoms with Crippen molar-refractivity contribution in [1.29, 1.82) is 0 Å². The van der Waals surface area contributed by atoms with Crippen LogP contribution in [0.15, 0.2) is 48.5 Å². The van der Waals surface area contributed by atoms with Gasteiger partial charge in [-0.15, -0.1) is 0 Å². The van der Waals surface area contributed by atoms with Crippen LogP contribution in [-0.4, -0.2) is 40.5 Å². The number of likely N-dealkylation sites (N-methyl/N-ethyl adjacent to an activating group) is 1. The predicted molar refractivity (Wildman–Crippen MR) is 96.8 cm³/mol. The van der Waals surface area contributed by atoms with Crippen molar-refractivity contribution in [1.82, 2.24) is 9.80 Å². The fourth-order valence-corrected chi connectivity index (χ4v) is 4.00. The third-order valence-corrected chi connectivity index (χ3v) is 5.53. The van der Waals surface area contributed by atoms with Crippen LogP contribution < -0.4 is 0 Å². The van der Waals surface area contributed by atoms with Crippen LogP contribution >= 0.6 is 0 Å². The number of rotatable bonds is 2. The molecule has 0 bridgehead atoms. The van der Waals surface area contributed by atoms with E-state index < -0.39 is 53.7 Å². The highest BCUT2D eigenvalue weighted by atomic mass is 19.4. The van der Waals surface area contributed by atoms with Crippen LogP contribution in [0.5, 0.6) is 0 Å². The number of amides is 4. The number of carbonyl (C=O) groups is 4. The minimum Gasteiger partial charge on any atom is -0.284 e. The molecule has 4 amide bonds. The maximum absolute atomic E-state index is 13.4. The number of carbonyl (C=O) groups excluding carboxylic acids is 4. The number of benzene rings is 2. The lowest BCUT2D eigenvalue weighted by Crippen LogP contribution is -2.57. The lowest BCUT2D eigenvalue weighted by Gasteiger charge is -2.37. The summed E-state index contributed by atoms with van der Waals surface area (Å²) in [5.74, 6) is -2.97. The summed E-state index contributed by atoms with van der Waals surface area (Å²) in [6.45, 7) is -0.456. The van der Waals surface area contributed by atoms with Crippen molar-refractivity contribution in [3.63, 3.8) is 0 Å². The molecule has 2 aliphatic heterocycles. The SMILES string of the molecule is CN1C(=O)CC2(C1=O)C(=O)N(Cc1cccc(C(F)(F)F)c1)C(=O)c1ccccc12. The number of halogens is 3. The van der Waals surface area contributed by atoms with Crippen LogP contribution in [-0.2, 0) is 32.5 Å². The highest BCUT2D eigenvalue weighted by Gasteiger charge is 2.62. The monoisotopic (exact) mass is 416 g/mol. The van der Waals surface area contributed by atoms with Crippen molar-refractivity contribution in [3.05, 3.63) is 70.8 Å². The number of alkyl halides is 3. The van der Waals surface area contributed by atoms with Crippen molar-refractivity contribution in [2.75, 3.05) is 7.05 Å². The van der Waals surface area contributed by atoms with Gasteiger partial charge in [-0.1, -0.05) is 30.3 Å². The maximum Gasteiger partial charge on any atom is 0.416 e. The summed E-state index contributed by atoms with van der Waals surface area (Å²) >= 11 is 0. The Labute approximate surface area is 168 Å². The van der Waals surface area contributed by atoms with Gasteiger partial charge in [0.25, 0.3) is 11.8 Å². The fourth-order valence-electron chi connectivity index (χ4n) is 4.00. The molecule has 2 aromatic carbocycles. The lowest BCUT2D eigenvalue weighted by atomic mass is 9.72. The van der Waals surface area contributed by atoms with Crippen LogP contribution in [0.2, 0.25) is 0 Å². The van der Waals surface area contributed by atoms with E-state index in [0.717, 1.165) is 21.9 Å². The molecule has 2 aromatic rings. The van der Waals surface area contributed by atoms with Gasteiger partial charge < -0.3 is 0 Å². The first-order valence-corrected chi connectivity index (χ1v) is 9.00. The topological polar surface area (TPSA) is 74.8 Å². The first kappa shape index (κ1) is 19.8. The molecular formula is C21H15F3N2O4. The Kier molecular flexibility index (Phi) is 4.30. The third kappa shape index (κ3) is 2.72. The third-order valence-electron chi connectivity index (χ3n) is 5.53. The molecule has 1 unspecified atom stereocenters. The molecule has 4 rings (SSSR count). The molecule has 1 spiro atoms. The van der Waals surface area contributed by atoms with Crippen LogP contribution in [0.4, 0.5) is 13.2 Å². The highest BCUT2D eigenvalue weighted by Crippen LogP contribution is 2.43. The molecule has 1 atom stereocenters. The largest absolute Gasteiger partial charge is 0.416 e. The van der Waals surface area contributed by atoms with Gasteiger partial charge in [0.2, 0.25) is 11.8 Å². The highest BCUT2D eigenvalue weighted by molar-refractivity contribution is 6.27. The molecular weight excluding hydrogens is 401 g/mol. The van der Waals surface area contributed by atoms with E-state index in [-0.39, 0.29) is 16.7 Å². The minimum atomic E-state index is -4.59. The Hall–Kier alpha value is -3.49. The van der Waals surface area contributed by atoms with E-state index in [0.29, 0.717) is 0 Å². The van der Waals surface area contributed by atoms with Crippen molar-refractivity contribution in [3.8, 4) is 0 Å². The Balaban J connectivity index is 1.82. The molecule has 9 heteroatoms.